The number of nitrogens with one attached hydrogen (secondary N) is 1. The Morgan fingerprint density at radius 2 is 2.25 bits per heavy atom. The molecule has 0 bridgehead atoms. The predicted octanol–water partition coefficient (Wildman–Crippen LogP) is 1.06. The van der Waals surface area contributed by atoms with Gasteiger partial charge in [0.25, 0.3) is 0 Å². The number of rotatable bonds is 3. The van der Waals surface area contributed by atoms with Crippen LogP contribution in [0.25, 0.3) is 0 Å². The van der Waals surface area contributed by atoms with Crippen LogP contribution in [-0.2, 0) is 13.6 Å². The van der Waals surface area contributed by atoms with E-state index in [9.17, 15) is 0 Å². The van der Waals surface area contributed by atoms with E-state index in [2.05, 4.69) is 20.4 Å². The van der Waals surface area contributed by atoms with Crippen LogP contribution in [0.4, 0.5) is 11.6 Å². The number of nitrogen functional groups attached to an aromatic ring is 1. The lowest BCUT2D eigenvalue weighted by molar-refractivity contribution is 0.778. The van der Waals surface area contributed by atoms with Gasteiger partial charge in [-0.15, -0.1) is 0 Å². The van der Waals surface area contributed by atoms with Gasteiger partial charge >= 0.3 is 0 Å². The minimum atomic E-state index is 0.351. The van der Waals surface area contributed by atoms with Crippen LogP contribution in [0.15, 0.2) is 18.6 Å². The van der Waals surface area contributed by atoms with Crippen molar-refractivity contribution in [3.63, 3.8) is 0 Å². The van der Waals surface area contributed by atoms with Gasteiger partial charge in [-0.2, -0.15) is 5.10 Å². The molecule has 2 aromatic rings. The molecule has 0 aliphatic rings. The lowest BCUT2D eigenvalue weighted by Crippen LogP contribution is -2.05. The van der Waals surface area contributed by atoms with Crippen molar-refractivity contribution < 1.29 is 0 Å². The van der Waals surface area contributed by atoms with Gasteiger partial charge in [0, 0.05) is 19.2 Å². The maximum atomic E-state index is 5.80. The molecule has 2 aromatic heterocycles. The van der Waals surface area contributed by atoms with Gasteiger partial charge in [0.1, 0.15) is 16.8 Å². The summed E-state index contributed by atoms with van der Waals surface area (Å²) in [6.45, 7) is 0.536. The topological polar surface area (TPSA) is 81.7 Å². The van der Waals surface area contributed by atoms with E-state index in [-0.39, 0.29) is 0 Å². The Bertz CT molecular complexity index is 494. The van der Waals surface area contributed by atoms with Crippen molar-refractivity contribution in [2.75, 3.05) is 11.1 Å². The molecule has 0 atom stereocenters. The van der Waals surface area contributed by atoms with Crippen LogP contribution in [0.5, 0.6) is 0 Å². The first kappa shape index (κ1) is 10.7. The monoisotopic (exact) mass is 238 g/mol. The zero-order valence-electron chi connectivity index (χ0n) is 8.68. The zero-order chi connectivity index (χ0) is 11.5. The van der Waals surface area contributed by atoms with Crippen molar-refractivity contribution in [3.05, 3.63) is 29.3 Å². The molecule has 0 saturated heterocycles. The molecule has 0 amide bonds. The summed E-state index contributed by atoms with van der Waals surface area (Å²) in [7, 11) is 1.79. The van der Waals surface area contributed by atoms with Gasteiger partial charge in [0.05, 0.1) is 18.6 Å². The van der Waals surface area contributed by atoms with E-state index in [1.807, 2.05) is 0 Å². The summed E-state index contributed by atoms with van der Waals surface area (Å²) in [5, 5.41) is 7.45. The van der Waals surface area contributed by atoms with Crippen LogP contribution < -0.4 is 11.1 Å². The molecule has 0 saturated carbocycles. The lowest BCUT2D eigenvalue weighted by atomic mass is 10.3. The van der Waals surface area contributed by atoms with E-state index in [4.69, 9.17) is 17.3 Å². The summed E-state index contributed by atoms with van der Waals surface area (Å²) in [5.74, 6) is 1.23. The minimum absolute atomic E-state index is 0.351. The van der Waals surface area contributed by atoms with Crippen molar-refractivity contribution in [2.45, 2.75) is 6.54 Å². The first-order valence-corrected chi connectivity index (χ1v) is 5.02. The van der Waals surface area contributed by atoms with Gasteiger partial charge < -0.3 is 11.1 Å². The standard InChI is InChI=1S/C9H11ClN6/c1-16-9(11)6(3-14-16)2-13-8-5-12-4-7(10)15-8/h3-5H,2,11H2,1H3,(H,13,15). The van der Waals surface area contributed by atoms with Crippen molar-refractivity contribution in [1.29, 1.82) is 0 Å². The Labute approximate surface area is 97.5 Å². The van der Waals surface area contributed by atoms with Crippen molar-refractivity contribution in [1.82, 2.24) is 19.7 Å². The molecule has 84 valence electrons. The number of aryl methyl sites for hydroxylation is 1. The Balaban J connectivity index is 2.05. The van der Waals surface area contributed by atoms with Crippen LogP contribution in [0.3, 0.4) is 0 Å². The van der Waals surface area contributed by atoms with E-state index in [0.717, 1.165) is 5.56 Å². The Hall–Kier alpha value is -1.82. The number of anilines is 2. The Morgan fingerprint density at radius 1 is 1.44 bits per heavy atom. The van der Waals surface area contributed by atoms with Gasteiger partial charge in [0.2, 0.25) is 0 Å². The highest BCUT2D eigenvalue weighted by atomic mass is 35.5. The van der Waals surface area contributed by atoms with Gasteiger partial charge in [-0.3, -0.25) is 9.67 Å². The molecule has 0 aliphatic heterocycles. The highest BCUT2D eigenvalue weighted by molar-refractivity contribution is 6.29. The fraction of sp³-hybridized carbons (Fsp3) is 0.222. The zero-order valence-corrected chi connectivity index (χ0v) is 9.44. The lowest BCUT2D eigenvalue weighted by Gasteiger charge is -2.04. The molecule has 0 unspecified atom stereocenters. The van der Waals surface area contributed by atoms with Crippen LogP contribution in [0.1, 0.15) is 5.56 Å². The van der Waals surface area contributed by atoms with Crippen LogP contribution in [-0.4, -0.2) is 19.7 Å². The first-order valence-electron chi connectivity index (χ1n) is 4.64. The first-order chi connectivity index (χ1) is 7.66. The van der Waals surface area contributed by atoms with Crippen LogP contribution in [0, 0.1) is 0 Å². The highest BCUT2D eigenvalue weighted by Gasteiger charge is 2.04. The Kier molecular flexibility index (Phi) is 2.91. The van der Waals surface area contributed by atoms with Crippen molar-refractivity contribution >= 4 is 23.2 Å². The van der Waals surface area contributed by atoms with Gasteiger partial charge in [0.15, 0.2) is 0 Å². The minimum Gasteiger partial charge on any atom is -0.384 e. The third-order valence-electron chi connectivity index (χ3n) is 2.13. The van der Waals surface area contributed by atoms with Crippen molar-refractivity contribution in [2.24, 2.45) is 7.05 Å². The molecule has 0 aliphatic carbocycles. The summed E-state index contributed by atoms with van der Waals surface area (Å²) in [6.07, 6.45) is 4.78. The van der Waals surface area contributed by atoms with E-state index in [0.29, 0.717) is 23.3 Å². The number of nitrogens with two attached hydrogens (primary N) is 1. The van der Waals surface area contributed by atoms with Gasteiger partial charge in [-0.05, 0) is 0 Å². The van der Waals surface area contributed by atoms with Crippen LogP contribution in [0.2, 0.25) is 5.15 Å². The number of halogens is 1. The van der Waals surface area contributed by atoms with E-state index >= 15 is 0 Å². The maximum Gasteiger partial charge on any atom is 0.149 e. The quantitative estimate of drug-likeness (QED) is 0.836. The number of hydrogen-bond acceptors (Lipinski definition) is 5. The van der Waals surface area contributed by atoms with Gasteiger partial charge in [-0.25, -0.2) is 4.98 Å². The maximum absolute atomic E-state index is 5.80. The number of aromatic nitrogens is 4. The van der Waals surface area contributed by atoms with E-state index in [1.54, 1.807) is 24.1 Å². The Morgan fingerprint density at radius 3 is 2.88 bits per heavy atom. The molecule has 2 heterocycles. The molecule has 3 N–H and O–H groups in total. The summed E-state index contributed by atoms with van der Waals surface area (Å²) in [6, 6.07) is 0. The largest absolute Gasteiger partial charge is 0.384 e. The van der Waals surface area contributed by atoms with Gasteiger partial charge in [-0.1, -0.05) is 11.6 Å². The molecular weight excluding hydrogens is 228 g/mol. The molecule has 0 fully saturated rings. The fourth-order valence-corrected chi connectivity index (χ4v) is 1.39. The molecule has 0 aromatic carbocycles. The molecule has 2 rings (SSSR count). The van der Waals surface area contributed by atoms with Crippen molar-refractivity contribution in [3.8, 4) is 0 Å². The number of hydrogen-bond donors (Lipinski definition) is 2. The highest BCUT2D eigenvalue weighted by Crippen LogP contribution is 2.12. The fourth-order valence-electron chi connectivity index (χ4n) is 1.24. The third-order valence-corrected chi connectivity index (χ3v) is 2.31. The smallest absolute Gasteiger partial charge is 0.149 e. The molecule has 7 heteroatoms. The average molecular weight is 239 g/mol. The second-order valence-electron chi connectivity index (χ2n) is 3.26. The normalized spacial score (nSPS) is 10.4. The summed E-state index contributed by atoms with van der Waals surface area (Å²) < 4.78 is 1.61. The summed E-state index contributed by atoms with van der Waals surface area (Å²) >= 11 is 5.71. The average Bonchev–Trinajstić information content (AvgIpc) is 2.57. The van der Waals surface area contributed by atoms with E-state index < -0.39 is 0 Å². The van der Waals surface area contributed by atoms with E-state index in [1.165, 1.54) is 6.20 Å². The second kappa shape index (κ2) is 4.36. The molecule has 16 heavy (non-hydrogen) atoms. The third kappa shape index (κ3) is 2.22. The molecule has 0 radical (unpaired) electrons. The number of nitrogens with zero attached hydrogens (tertiary/aromatic N) is 4. The summed E-state index contributed by atoms with van der Waals surface area (Å²) in [5.41, 5.74) is 6.70. The second-order valence-corrected chi connectivity index (χ2v) is 3.65. The SMILES string of the molecule is Cn1ncc(CNc2cncc(Cl)n2)c1N. The predicted molar refractivity (Wildman–Crippen MR) is 62.0 cm³/mol. The molecular formula is C9H11ClN6. The van der Waals surface area contributed by atoms with Crippen LogP contribution >= 0.6 is 11.6 Å². The molecule has 6 nitrogen and oxygen atoms in total. The molecule has 0 spiro atoms. The summed E-state index contributed by atoms with van der Waals surface area (Å²) in [4.78, 5) is 7.96.